The van der Waals surface area contributed by atoms with Crippen molar-refractivity contribution in [3.63, 3.8) is 0 Å². The van der Waals surface area contributed by atoms with E-state index in [0.717, 1.165) is 13.1 Å². The molecule has 2 aromatic rings. The number of rotatable bonds is 5. The number of likely N-dealkylation sites (N-methyl/N-ethyl adjacent to an activating group) is 1. The van der Waals surface area contributed by atoms with E-state index in [2.05, 4.69) is 48.3 Å². The van der Waals surface area contributed by atoms with Gasteiger partial charge in [-0.05, 0) is 36.6 Å². The number of hydrogen-bond acceptors (Lipinski definition) is 5. The van der Waals surface area contributed by atoms with Gasteiger partial charge in [-0.15, -0.1) is 0 Å². The highest BCUT2D eigenvalue weighted by atomic mass is 16.5. The zero-order valence-electron chi connectivity index (χ0n) is 20.9. The first kappa shape index (κ1) is 25.7. The van der Waals surface area contributed by atoms with Crippen molar-refractivity contribution in [1.29, 1.82) is 0 Å². The summed E-state index contributed by atoms with van der Waals surface area (Å²) in [5.41, 5.74) is 2.26. The minimum Gasteiger partial charge on any atom is -0.491 e. The zero-order valence-corrected chi connectivity index (χ0v) is 20.9. The van der Waals surface area contributed by atoms with Crippen LogP contribution in [-0.4, -0.2) is 67.6 Å². The van der Waals surface area contributed by atoms with Gasteiger partial charge < -0.3 is 19.7 Å². The Balaban J connectivity index is 1.93. The Morgan fingerprint density at radius 3 is 2.56 bits per heavy atom. The van der Waals surface area contributed by atoms with Gasteiger partial charge in [0.25, 0.3) is 5.91 Å². The van der Waals surface area contributed by atoms with Gasteiger partial charge in [-0.1, -0.05) is 44.2 Å². The third-order valence-corrected chi connectivity index (χ3v) is 6.41. The average molecular weight is 468 g/mol. The summed E-state index contributed by atoms with van der Waals surface area (Å²) in [6.07, 6.45) is 0.245. The molecule has 0 aliphatic carbocycles. The van der Waals surface area contributed by atoms with Gasteiger partial charge in [0, 0.05) is 51.9 Å². The molecule has 0 radical (unpaired) electrons. The fraction of sp³-hybridized carbons (Fsp3) is 0.481. The predicted molar refractivity (Wildman–Crippen MR) is 134 cm³/mol. The molecule has 0 unspecified atom stereocenters. The Morgan fingerprint density at radius 2 is 1.88 bits per heavy atom. The maximum absolute atomic E-state index is 13.4. The first-order valence-electron chi connectivity index (χ1n) is 11.9. The minimum absolute atomic E-state index is 0.103. The highest BCUT2D eigenvalue weighted by Gasteiger charge is 2.28. The summed E-state index contributed by atoms with van der Waals surface area (Å²) in [5, 5.41) is 2.84. The highest BCUT2D eigenvalue weighted by Crippen LogP contribution is 2.27. The standard InChI is InChI=1S/C27H37N3O4/c1-6-26(31)28-22-12-13-24-23(14-22)27(32)29(4)17-25(33-5)19(2)15-30(20(3)18-34-24)16-21-10-8-7-9-11-21/h7-14,19-20,25H,6,15-18H2,1-5H3,(H,28,31)/t19-,20-,25-/m0/s1. The van der Waals surface area contributed by atoms with Gasteiger partial charge in [-0.25, -0.2) is 0 Å². The van der Waals surface area contributed by atoms with Crippen molar-refractivity contribution in [2.75, 3.05) is 39.2 Å². The van der Waals surface area contributed by atoms with Crippen LogP contribution in [0.1, 0.15) is 43.1 Å². The summed E-state index contributed by atoms with van der Waals surface area (Å²) in [6.45, 7) is 8.60. The molecule has 0 spiro atoms. The molecular weight excluding hydrogens is 430 g/mol. The van der Waals surface area contributed by atoms with Crippen molar-refractivity contribution >= 4 is 17.5 Å². The maximum Gasteiger partial charge on any atom is 0.257 e. The molecule has 1 aliphatic heterocycles. The summed E-state index contributed by atoms with van der Waals surface area (Å²) in [5.74, 6) is 0.445. The number of carbonyl (C=O) groups excluding carboxylic acids is 2. The van der Waals surface area contributed by atoms with Crippen LogP contribution in [-0.2, 0) is 16.1 Å². The molecule has 1 aliphatic rings. The third-order valence-electron chi connectivity index (χ3n) is 6.41. The summed E-state index contributed by atoms with van der Waals surface area (Å²) >= 11 is 0. The van der Waals surface area contributed by atoms with E-state index in [9.17, 15) is 9.59 Å². The van der Waals surface area contributed by atoms with Crippen LogP contribution in [0, 0.1) is 5.92 Å². The van der Waals surface area contributed by atoms with Gasteiger partial charge in [0.2, 0.25) is 5.91 Å². The minimum atomic E-state index is -0.161. The number of carbonyl (C=O) groups is 2. The van der Waals surface area contributed by atoms with Crippen LogP contribution in [0.3, 0.4) is 0 Å². The molecule has 2 amide bonds. The SMILES string of the molecule is CCC(=O)Nc1ccc2c(c1)C(=O)N(C)C[C@H](OC)[C@@H](C)CN(Cc1ccccc1)[C@@H](C)CO2. The van der Waals surface area contributed by atoms with E-state index in [0.29, 0.717) is 36.6 Å². The molecule has 7 heteroatoms. The summed E-state index contributed by atoms with van der Waals surface area (Å²) in [4.78, 5) is 29.4. The van der Waals surface area contributed by atoms with E-state index in [1.807, 2.05) is 6.07 Å². The molecule has 184 valence electrons. The van der Waals surface area contributed by atoms with Crippen molar-refractivity contribution in [2.24, 2.45) is 5.92 Å². The third kappa shape index (κ3) is 6.58. The Labute approximate surface area is 203 Å². The Bertz CT molecular complexity index is 966. The molecule has 0 aromatic heterocycles. The lowest BCUT2D eigenvalue weighted by molar-refractivity contribution is -0.115. The number of anilines is 1. The van der Waals surface area contributed by atoms with E-state index in [1.54, 1.807) is 44.2 Å². The van der Waals surface area contributed by atoms with Gasteiger partial charge in [0.05, 0.1) is 11.7 Å². The van der Waals surface area contributed by atoms with Crippen molar-refractivity contribution in [1.82, 2.24) is 9.80 Å². The van der Waals surface area contributed by atoms with Gasteiger partial charge in [-0.2, -0.15) is 0 Å². The molecule has 0 bridgehead atoms. The van der Waals surface area contributed by atoms with E-state index < -0.39 is 0 Å². The first-order valence-corrected chi connectivity index (χ1v) is 11.9. The molecule has 3 rings (SSSR count). The second-order valence-electron chi connectivity index (χ2n) is 9.12. The molecular formula is C27H37N3O4. The molecule has 7 nitrogen and oxygen atoms in total. The zero-order chi connectivity index (χ0) is 24.7. The largest absolute Gasteiger partial charge is 0.491 e. The second kappa shape index (κ2) is 12.0. The number of nitrogens with one attached hydrogen (secondary N) is 1. The Hall–Kier alpha value is -2.90. The number of fused-ring (bicyclic) bond motifs is 1. The average Bonchev–Trinajstić information content (AvgIpc) is 2.85. The van der Waals surface area contributed by atoms with Crippen molar-refractivity contribution in [3.8, 4) is 5.75 Å². The van der Waals surface area contributed by atoms with Crippen LogP contribution in [0.15, 0.2) is 48.5 Å². The topological polar surface area (TPSA) is 71.1 Å². The van der Waals surface area contributed by atoms with Crippen LogP contribution in [0.2, 0.25) is 0 Å². The Morgan fingerprint density at radius 1 is 1.15 bits per heavy atom. The lowest BCUT2D eigenvalue weighted by atomic mass is 10.0. The molecule has 1 heterocycles. The van der Waals surface area contributed by atoms with Gasteiger partial charge in [0.1, 0.15) is 12.4 Å². The number of benzene rings is 2. The van der Waals surface area contributed by atoms with Crippen molar-refractivity contribution in [3.05, 3.63) is 59.7 Å². The predicted octanol–water partition coefficient (Wildman–Crippen LogP) is 4.04. The number of ether oxygens (including phenoxy) is 2. The normalized spacial score (nSPS) is 22.2. The smallest absolute Gasteiger partial charge is 0.257 e. The summed E-state index contributed by atoms with van der Waals surface area (Å²) in [7, 11) is 3.48. The van der Waals surface area contributed by atoms with Gasteiger partial charge >= 0.3 is 0 Å². The number of methoxy groups -OCH3 is 1. The van der Waals surface area contributed by atoms with Crippen LogP contribution in [0.4, 0.5) is 5.69 Å². The molecule has 2 aromatic carbocycles. The van der Waals surface area contributed by atoms with Crippen LogP contribution >= 0.6 is 0 Å². The van der Waals surface area contributed by atoms with E-state index in [-0.39, 0.29) is 29.9 Å². The van der Waals surface area contributed by atoms with Crippen molar-refractivity contribution < 1.29 is 19.1 Å². The van der Waals surface area contributed by atoms with E-state index in [4.69, 9.17) is 9.47 Å². The van der Waals surface area contributed by atoms with E-state index in [1.165, 1.54) is 5.56 Å². The molecule has 0 saturated heterocycles. The Kier molecular flexibility index (Phi) is 9.07. The monoisotopic (exact) mass is 467 g/mol. The van der Waals surface area contributed by atoms with Crippen LogP contribution < -0.4 is 10.1 Å². The number of hydrogen-bond donors (Lipinski definition) is 1. The quantitative estimate of drug-likeness (QED) is 0.719. The van der Waals surface area contributed by atoms with Crippen LogP contribution in [0.25, 0.3) is 0 Å². The summed E-state index contributed by atoms with van der Waals surface area (Å²) < 4.78 is 12.0. The number of amides is 2. The molecule has 1 N–H and O–H groups in total. The fourth-order valence-corrected chi connectivity index (χ4v) is 4.22. The molecule has 0 fully saturated rings. The second-order valence-corrected chi connectivity index (χ2v) is 9.12. The lowest BCUT2D eigenvalue weighted by Gasteiger charge is -2.36. The van der Waals surface area contributed by atoms with Gasteiger partial charge in [0.15, 0.2) is 0 Å². The first-order chi connectivity index (χ1) is 16.3. The number of nitrogens with zero attached hydrogens (tertiary/aromatic N) is 2. The van der Waals surface area contributed by atoms with Gasteiger partial charge in [-0.3, -0.25) is 14.5 Å². The molecule has 3 atom stereocenters. The lowest BCUT2D eigenvalue weighted by Crippen LogP contribution is -2.46. The molecule has 34 heavy (non-hydrogen) atoms. The highest BCUT2D eigenvalue weighted by molar-refractivity contribution is 5.99. The maximum atomic E-state index is 13.4. The fourth-order valence-electron chi connectivity index (χ4n) is 4.22. The van der Waals surface area contributed by atoms with Crippen molar-refractivity contribution in [2.45, 2.75) is 45.9 Å². The molecule has 0 saturated carbocycles. The van der Waals surface area contributed by atoms with Crippen LogP contribution in [0.5, 0.6) is 5.75 Å². The summed E-state index contributed by atoms with van der Waals surface area (Å²) in [6, 6.07) is 15.8. The van der Waals surface area contributed by atoms with E-state index >= 15 is 0 Å².